The van der Waals surface area contributed by atoms with Crippen LogP contribution in [0.4, 0.5) is 0 Å². The van der Waals surface area contributed by atoms with E-state index in [1.54, 1.807) is 6.07 Å². The molecule has 0 saturated heterocycles. The van der Waals surface area contributed by atoms with E-state index in [-0.39, 0.29) is 17.8 Å². The van der Waals surface area contributed by atoms with Gasteiger partial charge in [-0.2, -0.15) is 0 Å². The van der Waals surface area contributed by atoms with Gasteiger partial charge in [0.25, 0.3) is 0 Å². The number of nitrogens with one attached hydrogen (secondary N) is 1. The summed E-state index contributed by atoms with van der Waals surface area (Å²) >= 11 is 6.33. The van der Waals surface area contributed by atoms with Crippen molar-refractivity contribution in [1.29, 1.82) is 0 Å². The van der Waals surface area contributed by atoms with E-state index in [0.717, 1.165) is 35.5 Å². The summed E-state index contributed by atoms with van der Waals surface area (Å²) in [5.41, 5.74) is 2.10. The van der Waals surface area contributed by atoms with Crippen LogP contribution < -0.4 is 10.1 Å². The molecule has 6 nitrogen and oxygen atoms in total. The van der Waals surface area contributed by atoms with Gasteiger partial charge in [-0.25, -0.2) is 4.57 Å². The van der Waals surface area contributed by atoms with Crippen LogP contribution in [0.2, 0.25) is 5.02 Å². The van der Waals surface area contributed by atoms with Gasteiger partial charge in [0.15, 0.2) is 0 Å². The first-order chi connectivity index (χ1) is 14.2. The largest absolute Gasteiger partial charge is 0.471 e. The highest BCUT2D eigenvalue weighted by Gasteiger charge is 2.34. The van der Waals surface area contributed by atoms with Gasteiger partial charge in [0, 0.05) is 23.0 Å². The molecule has 3 N–H and O–H groups in total. The number of phosphoric acid groups is 1. The molecule has 2 aromatic rings. The van der Waals surface area contributed by atoms with Gasteiger partial charge >= 0.3 is 7.82 Å². The Labute approximate surface area is 182 Å². The molecule has 2 aromatic carbocycles. The van der Waals surface area contributed by atoms with Crippen LogP contribution in [-0.4, -0.2) is 22.6 Å². The van der Waals surface area contributed by atoms with E-state index in [4.69, 9.17) is 20.9 Å². The Morgan fingerprint density at radius 3 is 2.50 bits per heavy atom. The zero-order valence-corrected chi connectivity index (χ0v) is 19.1. The topological polar surface area (TPSA) is 88.0 Å². The highest BCUT2D eigenvalue weighted by atomic mass is 35.5. The van der Waals surface area contributed by atoms with Crippen molar-refractivity contribution in [1.82, 2.24) is 5.32 Å². The molecule has 0 amide bonds. The Morgan fingerprint density at radius 2 is 1.83 bits per heavy atom. The molecule has 0 saturated carbocycles. The van der Waals surface area contributed by atoms with Crippen molar-refractivity contribution in [2.75, 3.05) is 6.54 Å². The number of phosphoric ester groups is 1. The predicted molar refractivity (Wildman–Crippen MR) is 118 cm³/mol. The van der Waals surface area contributed by atoms with Crippen molar-refractivity contribution in [2.24, 2.45) is 5.92 Å². The first-order valence-electron chi connectivity index (χ1n) is 10.2. The molecule has 0 radical (unpaired) electrons. The highest BCUT2D eigenvalue weighted by molar-refractivity contribution is 7.46. The molecule has 0 bridgehead atoms. The fraction of sp³-hybridized carbons (Fsp3) is 0.455. The molecule has 8 heteroatoms. The lowest BCUT2D eigenvalue weighted by atomic mass is 9.78. The summed E-state index contributed by atoms with van der Waals surface area (Å²) in [6, 6.07) is 13.6. The quantitative estimate of drug-likeness (QED) is 0.346. The maximum Gasteiger partial charge on any atom is 0.471 e. The molecular formula is C22H29ClNO5P. The van der Waals surface area contributed by atoms with Gasteiger partial charge in [-0.1, -0.05) is 57.0 Å². The zero-order valence-electron chi connectivity index (χ0n) is 17.4. The minimum atomic E-state index is -4.62. The van der Waals surface area contributed by atoms with Crippen molar-refractivity contribution >= 4 is 19.4 Å². The third-order valence-electron chi connectivity index (χ3n) is 5.39. The molecule has 0 aliphatic carbocycles. The number of ether oxygens (including phenoxy) is 1. The van der Waals surface area contributed by atoms with Crippen molar-refractivity contribution < 1.29 is 23.6 Å². The fourth-order valence-corrected chi connectivity index (χ4v) is 4.83. The van der Waals surface area contributed by atoms with Crippen LogP contribution in [0.25, 0.3) is 0 Å². The Hall–Kier alpha value is -1.40. The molecule has 0 fully saturated rings. The molecule has 1 heterocycles. The lowest BCUT2D eigenvalue weighted by Gasteiger charge is -2.30. The number of fused-ring (bicyclic) bond motifs is 2. The van der Waals surface area contributed by atoms with E-state index in [1.165, 1.54) is 0 Å². The Morgan fingerprint density at radius 1 is 1.13 bits per heavy atom. The summed E-state index contributed by atoms with van der Waals surface area (Å²) in [4.78, 5) is 18.6. The van der Waals surface area contributed by atoms with Crippen LogP contribution in [0.5, 0.6) is 11.5 Å². The van der Waals surface area contributed by atoms with Crippen molar-refractivity contribution in [2.45, 2.75) is 51.7 Å². The number of para-hydroxylation sites is 1. The van der Waals surface area contributed by atoms with E-state index < -0.39 is 14.1 Å². The summed E-state index contributed by atoms with van der Waals surface area (Å²) in [6.07, 6.45) is 1.14. The molecule has 3 unspecified atom stereocenters. The average molecular weight is 454 g/mol. The Bertz CT molecular complexity index is 916. The van der Waals surface area contributed by atoms with Crippen LogP contribution in [0.3, 0.4) is 0 Å². The van der Waals surface area contributed by atoms with E-state index in [0.29, 0.717) is 11.6 Å². The predicted octanol–water partition coefficient (Wildman–Crippen LogP) is 5.79. The summed E-state index contributed by atoms with van der Waals surface area (Å²) in [5, 5.41) is 3.86. The number of halogens is 1. The van der Waals surface area contributed by atoms with Crippen molar-refractivity contribution in [3.05, 3.63) is 58.6 Å². The van der Waals surface area contributed by atoms with Gasteiger partial charge in [-0.15, -0.1) is 0 Å². The normalized spacial score (nSPS) is 19.6. The second-order valence-electron chi connectivity index (χ2n) is 7.99. The van der Waals surface area contributed by atoms with Crippen LogP contribution in [0.1, 0.15) is 56.6 Å². The Balaban J connectivity index is 2.00. The van der Waals surface area contributed by atoms with E-state index in [2.05, 4.69) is 18.3 Å². The second-order valence-corrected chi connectivity index (χ2v) is 9.62. The summed E-state index contributed by atoms with van der Waals surface area (Å²) in [6.45, 7) is 6.31. The maximum absolute atomic E-state index is 11.4. The fourth-order valence-electron chi connectivity index (χ4n) is 4.04. The van der Waals surface area contributed by atoms with Gasteiger partial charge in [-0.3, -0.25) is 9.84 Å². The smallest absolute Gasteiger partial charge is 0.457 e. The van der Waals surface area contributed by atoms with E-state index in [1.807, 2.05) is 44.2 Å². The molecule has 1 aliphatic rings. The van der Waals surface area contributed by atoms with Crippen molar-refractivity contribution in [3.8, 4) is 11.5 Å². The standard InChI is InChI=1S/C22H29ClNO5P/c1-4-7-16-17-8-5-6-9-20(17)28-21-11-10-15(23)12-18(21)19(16)13-24-22(14(2)3)29-30(25,26)27/h5-6,8-12,14,16,19,22,24H,4,7,13H2,1-3H3,(H2,25,26,27). The number of rotatable bonds is 8. The summed E-state index contributed by atoms with van der Waals surface area (Å²) in [5.74, 6) is 1.59. The number of hydrogen-bond donors (Lipinski definition) is 3. The molecule has 0 aromatic heterocycles. The minimum absolute atomic E-state index is 0.0103. The van der Waals surface area contributed by atoms with Crippen LogP contribution in [-0.2, 0) is 9.09 Å². The lowest BCUT2D eigenvalue weighted by Crippen LogP contribution is -2.39. The minimum Gasteiger partial charge on any atom is -0.457 e. The Kier molecular flexibility index (Phi) is 7.61. The molecule has 3 rings (SSSR count). The molecule has 3 atom stereocenters. The molecule has 0 spiro atoms. The number of hydrogen-bond acceptors (Lipinski definition) is 4. The van der Waals surface area contributed by atoms with Gasteiger partial charge in [-0.05, 0) is 48.1 Å². The average Bonchev–Trinajstić information content (AvgIpc) is 2.79. The van der Waals surface area contributed by atoms with Gasteiger partial charge in [0.05, 0.1) is 0 Å². The van der Waals surface area contributed by atoms with Crippen molar-refractivity contribution in [3.63, 3.8) is 0 Å². The molecule has 164 valence electrons. The third kappa shape index (κ3) is 5.64. The maximum atomic E-state index is 11.4. The summed E-state index contributed by atoms with van der Waals surface area (Å²) < 4.78 is 22.7. The molecule has 30 heavy (non-hydrogen) atoms. The van der Waals surface area contributed by atoms with Gasteiger partial charge in [0.2, 0.25) is 0 Å². The first kappa shape index (κ1) is 23.3. The summed E-state index contributed by atoms with van der Waals surface area (Å²) in [7, 11) is -4.62. The molecular weight excluding hydrogens is 425 g/mol. The van der Waals surface area contributed by atoms with E-state index in [9.17, 15) is 14.4 Å². The van der Waals surface area contributed by atoms with E-state index >= 15 is 0 Å². The zero-order chi connectivity index (χ0) is 21.9. The number of benzene rings is 2. The second kappa shape index (κ2) is 9.82. The van der Waals surface area contributed by atoms with Crippen LogP contribution in [0, 0.1) is 5.92 Å². The lowest BCUT2D eigenvalue weighted by molar-refractivity contribution is 0.0723. The van der Waals surface area contributed by atoms with Crippen LogP contribution >= 0.6 is 19.4 Å². The molecule has 1 aliphatic heterocycles. The first-order valence-corrected chi connectivity index (χ1v) is 12.1. The highest BCUT2D eigenvalue weighted by Crippen LogP contribution is 2.48. The third-order valence-corrected chi connectivity index (χ3v) is 6.13. The van der Waals surface area contributed by atoms with Crippen LogP contribution in [0.15, 0.2) is 42.5 Å². The monoisotopic (exact) mass is 453 g/mol. The SMILES string of the molecule is CCCC1c2ccccc2Oc2ccc(Cl)cc2C1CNC(OP(=O)(O)O)C(C)C. The van der Waals surface area contributed by atoms with Gasteiger partial charge in [0.1, 0.15) is 17.7 Å². The van der Waals surface area contributed by atoms with Gasteiger partial charge < -0.3 is 14.5 Å².